The van der Waals surface area contributed by atoms with Crippen molar-refractivity contribution in [1.82, 2.24) is 5.32 Å². The molecule has 0 saturated heterocycles. The third-order valence-electron chi connectivity index (χ3n) is 20.5. The van der Waals surface area contributed by atoms with Crippen LogP contribution in [0.5, 0.6) is 0 Å². The quantitative estimate of drug-likeness (QED) is 0.0320. The average molecular weight is 1310 g/mol. The molecule has 2 atom stereocenters. The van der Waals surface area contributed by atoms with E-state index in [1.807, 2.05) is 0 Å². The van der Waals surface area contributed by atoms with Gasteiger partial charge in [-0.1, -0.05) is 449 Å². The highest BCUT2D eigenvalue weighted by molar-refractivity contribution is 5.76. The molecule has 2 unspecified atom stereocenters. The first-order chi connectivity index (χ1) is 46.0. The summed E-state index contributed by atoms with van der Waals surface area (Å²) in [4.78, 5) is 24.7. The Morgan fingerprint density at radius 3 is 0.817 bits per heavy atom. The van der Waals surface area contributed by atoms with Crippen LogP contribution in [0.2, 0.25) is 0 Å². The van der Waals surface area contributed by atoms with Crippen LogP contribution in [0.4, 0.5) is 0 Å². The van der Waals surface area contributed by atoms with E-state index >= 15 is 0 Å². The normalized spacial score (nSPS) is 12.5. The molecule has 0 spiro atoms. The van der Waals surface area contributed by atoms with Gasteiger partial charge >= 0.3 is 5.97 Å². The Hall–Kier alpha value is -1.66. The molecule has 6 heteroatoms. The van der Waals surface area contributed by atoms with E-state index in [9.17, 15) is 19.8 Å². The molecule has 0 fully saturated rings. The van der Waals surface area contributed by atoms with Gasteiger partial charge in [-0.2, -0.15) is 0 Å². The van der Waals surface area contributed by atoms with E-state index in [1.54, 1.807) is 0 Å². The maximum absolute atomic E-state index is 12.6. The van der Waals surface area contributed by atoms with Crippen LogP contribution in [0, 0.1) is 0 Å². The molecule has 0 radical (unpaired) electrons. The molecular formula is C87H169NO5. The number of aliphatic hydroxyl groups is 2. The number of esters is 1. The lowest BCUT2D eigenvalue weighted by Gasteiger charge is -2.22. The maximum Gasteiger partial charge on any atom is 0.305 e. The van der Waals surface area contributed by atoms with Gasteiger partial charge in [0.15, 0.2) is 0 Å². The molecule has 0 aliphatic heterocycles. The molecule has 0 aromatic rings. The molecule has 0 rings (SSSR count). The summed E-state index contributed by atoms with van der Waals surface area (Å²) in [5, 5.41) is 23.5. The molecule has 0 aromatic carbocycles. The van der Waals surface area contributed by atoms with Gasteiger partial charge in [0, 0.05) is 12.8 Å². The highest BCUT2D eigenvalue weighted by atomic mass is 16.5. The van der Waals surface area contributed by atoms with E-state index in [1.165, 1.54) is 417 Å². The van der Waals surface area contributed by atoms with Crippen LogP contribution in [0.3, 0.4) is 0 Å². The summed E-state index contributed by atoms with van der Waals surface area (Å²) in [5.41, 5.74) is 0. The maximum atomic E-state index is 12.6. The molecule has 93 heavy (non-hydrogen) atoms. The molecule has 0 saturated carbocycles. The van der Waals surface area contributed by atoms with Crippen molar-refractivity contribution in [2.24, 2.45) is 0 Å². The number of carbonyl (C=O) groups excluding carboxylic acids is 2. The fraction of sp³-hybridized carbons (Fsp3) is 0.931. The zero-order valence-electron chi connectivity index (χ0n) is 63.5. The van der Waals surface area contributed by atoms with E-state index in [4.69, 9.17) is 4.74 Å². The first-order valence-electron chi connectivity index (χ1n) is 43.1. The van der Waals surface area contributed by atoms with Crippen LogP contribution in [0.1, 0.15) is 495 Å². The van der Waals surface area contributed by atoms with Crippen LogP contribution in [-0.4, -0.2) is 47.4 Å². The van der Waals surface area contributed by atoms with E-state index in [-0.39, 0.29) is 18.5 Å². The van der Waals surface area contributed by atoms with Gasteiger partial charge in [-0.05, 0) is 57.8 Å². The first kappa shape index (κ1) is 91.3. The zero-order valence-corrected chi connectivity index (χ0v) is 63.5. The van der Waals surface area contributed by atoms with Crippen molar-refractivity contribution < 1.29 is 24.5 Å². The molecule has 3 N–H and O–H groups in total. The van der Waals surface area contributed by atoms with Gasteiger partial charge < -0.3 is 20.3 Å². The Kier molecular flexibility index (Phi) is 81.3. The van der Waals surface area contributed by atoms with Crippen molar-refractivity contribution in [2.75, 3.05) is 13.2 Å². The Morgan fingerprint density at radius 1 is 0.301 bits per heavy atom. The number of aliphatic hydroxyl groups excluding tert-OH is 2. The van der Waals surface area contributed by atoms with Crippen LogP contribution in [0.25, 0.3) is 0 Å². The molecule has 1 amide bonds. The fourth-order valence-electron chi connectivity index (χ4n) is 14.0. The average Bonchev–Trinajstić information content (AvgIpc) is 3.78. The van der Waals surface area contributed by atoms with Gasteiger partial charge in [0.05, 0.1) is 25.4 Å². The number of ether oxygens (including phenoxy) is 1. The van der Waals surface area contributed by atoms with Crippen molar-refractivity contribution in [1.29, 1.82) is 0 Å². The second-order valence-corrected chi connectivity index (χ2v) is 29.9. The lowest BCUT2D eigenvalue weighted by Crippen LogP contribution is -2.45. The molecule has 552 valence electrons. The molecule has 0 aliphatic carbocycles. The van der Waals surface area contributed by atoms with E-state index < -0.39 is 12.1 Å². The van der Waals surface area contributed by atoms with Crippen LogP contribution in [0.15, 0.2) is 24.3 Å². The van der Waals surface area contributed by atoms with E-state index in [0.717, 1.165) is 44.9 Å². The Bertz CT molecular complexity index is 1460. The van der Waals surface area contributed by atoms with Gasteiger partial charge in [0.1, 0.15) is 0 Å². The number of hydrogen-bond donors (Lipinski definition) is 3. The number of hydrogen-bond acceptors (Lipinski definition) is 5. The lowest BCUT2D eigenvalue weighted by molar-refractivity contribution is -0.143. The number of amides is 1. The highest BCUT2D eigenvalue weighted by Gasteiger charge is 2.20. The second-order valence-electron chi connectivity index (χ2n) is 29.9. The summed E-state index contributed by atoms with van der Waals surface area (Å²) < 4.78 is 5.52. The SMILES string of the molecule is CCCCCCCCCCCCCCCCCCCCCCCCC(O)C(CO)NC(=O)CCCCCCCCCCCCCCCCCCC/C=C\C/C=C\CCCCCCCCCCCCCOC(=O)CCCCCCCCCCCCCCCCCCCCC. The summed E-state index contributed by atoms with van der Waals surface area (Å²) in [5.74, 6) is -0.00386. The minimum atomic E-state index is -0.664. The largest absolute Gasteiger partial charge is 0.466 e. The van der Waals surface area contributed by atoms with E-state index in [0.29, 0.717) is 25.9 Å². The molecule has 6 nitrogen and oxygen atoms in total. The Balaban J connectivity index is 3.35. The van der Waals surface area contributed by atoms with Crippen LogP contribution >= 0.6 is 0 Å². The zero-order chi connectivity index (χ0) is 67.0. The standard InChI is InChI=1S/C87H169NO5/c1-3-5-7-9-11-13-15-17-19-21-23-24-40-44-47-51-55-59-63-67-71-75-79-85(90)84(83-89)88-86(91)80-76-72-68-64-60-56-52-48-45-41-38-36-34-32-30-28-26-25-27-29-31-33-35-37-39-42-46-50-54-58-62-66-70-74-78-82-93-87(92)81-77-73-69-65-61-57-53-49-43-22-20-18-16-14-12-10-8-6-4-2/h27,29,33,35,84-85,89-90H,3-26,28,30-32,34,36-83H2,1-2H3,(H,88,91)/b29-27-,35-33-. The Morgan fingerprint density at radius 2 is 0.538 bits per heavy atom. The van der Waals surface area contributed by atoms with Crippen LogP contribution < -0.4 is 5.32 Å². The second kappa shape index (κ2) is 82.8. The molecule has 0 heterocycles. The minimum Gasteiger partial charge on any atom is -0.466 e. The molecule has 0 bridgehead atoms. The first-order valence-corrected chi connectivity index (χ1v) is 43.1. The van der Waals surface area contributed by atoms with E-state index in [2.05, 4.69) is 43.5 Å². The van der Waals surface area contributed by atoms with Crippen molar-refractivity contribution >= 4 is 11.9 Å². The smallest absolute Gasteiger partial charge is 0.305 e. The predicted molar refractivity (Wildman–Crippen MR) is 412 cm³/mol. The van der Waals surface area contributed by atoms with Gasteiger partial charge in [-0.3, -0.25) is 9.59 Å². The topological polar surface area (TPSA) is 95.9 Å². The molecular weight excluding hydrogens is 1140 g/mol. The van der Waals surface area contributed by atoms with Crippen molar-refractivity contribution in [3.05, 3.63) is 24.3 Å². The highest BCUT2D eigenvalue weighted by Crippen LogP contribution is 2.21. The van der Waals surface area contributed by atoms with Gasteiger partial charge in [0.25, 0.3) is 0 Å². The number of rotatable bonds is 82. The summed E-state index contributed by atoms with van der Waals surface area (Å²) in [7, 11) is 0. The lowest BCUT2D eigenvalue weighted by atomic mass is 10.0. The van der Waals surface area contributed by atoms with Crippen molar-refractivity contribution in [2.45, 2.75) is 508 Å². The minimum absolute atomic E-state index is 0.0229. The summed E-state index contributed by atoms with van der Waals surface area (Å²) >= 11 is 0. The number of unbranched alkanes of at least 4 members (excludes halogenated alkanes) is 67. The van der Waals surface area contributed by atoms with Crippen molar-refractivity contribution in [3.8, 4) is 0 Å². The third kappa shape index (κ3) is 79.2. The summed E-state index contributed by atoms with van der Waals surface area (Å²) in [6.07, 6.45) is 107. The Labute approximate surface area is 583 Å². The fourth-order valence-corrected chi connectivity index (χ4v) is 14.0. The molecule has 0 aromatic heterocycles. The summed E-state index contributed by atoms with van der Waals surface area (Å²) in [6, 6.07) is -0.541. The third-order valence-corrected chi connectivity index (χ3v) is 20.5. The van der Waals surface area contributed by atoms with Gasteiger partial charge in [-0.15, -0.1) is 0 Å². The number of allylic oxidation sites excluding steroid dienone is 4. The number of carbonyl (C=O) groups is 2. The van der Waals surface area contributed by atoms with Gasteiger partial charge in [-0.25, -0.2) is 0 Å². The monoisotopic (exact) mass is 1310 g/mol. The van der Waals surface area contributed by atoms with Gasteiger partial charge in [0.2, 0.25) is 5.91 Å². The number of nitrogens with one attached hydrogen (secondary N) is 1. The van der Waals surface area contributed by atoms with Crippen molar-refractivity contribution in [3.63, 3.8) is 0 Å². The summed E-state index contributed by atoms with van der Waals surface area (Å²) in [6.45, 7) is 5.02. The predicted octanol–water partition coefficient (Wildman–Crippen LogP) is 28.8. The van der Waals surface area contributed by atoms with Crippen LogP contribution in [-0.2, 0) is 14.3 Å². The molecule has 0 aliphatic rings.